The van der Waals surface area contributed by atoms with Gasteiger partial charge in [-0.25, -0.2) is 4.39 Å². The molecule has 6 nitrogen and oxygen atoms in total. The third kappa shape index (κ3) is 3.96. The van der Waals surface area contributed by atoms with Crippen molar-refractivity contribution in [1.29, 1.82) is 0 Å². The van der Waals surface area contributed by atoms with Crippen LogP contribution in [-0.4, -0.2) is 35.0 Å². The lowest BCUT2D eigenvalue weighted by atomic mass is 9.62. The third-order valence-corrected chi connectivity index (χ3v) is 8.76. The van der Waals surface area contributed by atoms with Gasteiger partial charge in [0.1, 0.15) is 29.6 Å². The quantitative estimate of drug-likeness (QED) is 0.206. The summed E-state index contributed by atoms with van der Waals surface area (Å²) in [6, 6.07) is 25.4. The van der Waals surface area contributed by atoms with E-state index in [1.54, 1.807) is 30.3 Å². The van der Waals surface area contributed by atoms with Crippen molar-refractivity contribution < 1.29 is 23.5 Å². The molecule has 1 saturated heterocycles. The van der Waals surface area contributed by atoms with E-state index in [1.165, 1.54) is 24.3 Å². The number of carbonyl (C=O) groups excluding carboxylic acids is 3. The molecule has 4 unspecified atom stereocenters. The molecule has 0 saturated carbocycles. The first-order chi connectivity index (χ1) is 20.9. The molecule has 1 N–H and O–H groups in total. The van der Waals surface area contributed by atoms with E-state index in [9.17, 15) is 18.8 Å². The second-order valence-corrected chi connectivity index (χ2v) is 10.9. The predicted molar refractivity (Wildman–Crippen MR) is 161 cm³/mol. The molecule has 212 valence electrons. The van der Waals surface area contributed by atoms with Crippen LogP contribution in [-0.2, 0) is 10.2 Å². The van der Waals surface area contributed by atoms with Crippen molar-refractivity contribution in [2.45, 2.75) is 17.5 Å². The van der Waals surface area contributed by atoms with Gasteiger partial charge in [0.05, 0.1) is 12.0 Å². The number of Topliss-reactive ketones (excluding diaryl/α,β-unsaturated/α-hetero) is 2. The summed E-state index contributed by atoms with van der Waals surface area (Å²) >= 11 is 0. The molecule has 1 fully saturated rings. The van der Waals surface area contributed by atoms with Gasteiger partial charge in [0.25, 0.3) is 0 Å². The molecule has 3 aliphatic rings. The number of hydrogen-bond donors (Lipinski definition) is 1. The fraction of sp³-hybridized carbons (Fsp3) is 0.139. The number of nitrogens with one attached hydrogen (secondary N) is 1. The van der Waals surface area contributed by atoms with Crippen LogP contribution < -0.4 is 10.1 Å². The zero-order valence-corrected chi connectivity index (χ0v) is 23.1. The monoisotopic (exact) mass is 570 g/mol. The zero-order valence-electron chi connectivity index (χ0n) is 23.1. The number of benzene rings is 4. The van der Waals surface area contributed by atoms with Crippen LogP contribution >= 0.6 is 0 Å². The largest absolute Gasteiger partial charge is 0.490 e. The van der Waals surface area contributed by atoms with Crippen molar-refractivity contribution in [3.05, 3.63) is 150 Å². The van der Waals surface area contributed by atoms with Crippen LogP contribution in [0.5, 0.6) is 5.75 Å². The number of carbonyl (C=O) groups is 3. The lowest BCUT2D eigenvalue weighted by molar-refractivity contribution is -0.122. The molecule has 0 aliphatic carbocycles. The number of para-hydroxylation sites is 1. The maximum Gasteiger partial charge on any atom is 0.238 e. The van der Waals surface area contributed by atoms with Crippen LogP contribution in [0.3, 0.4) is 0 Å². The molecule has 7 heteroatoms. The van der Waals surface area contributed by atoms with Gasteiger partial charge in [-0.05, 0) is 77.4 Å². The van der Waals surface area contributed by atoms with Crippen molar-refractivity contribution in [3.8, 4) is 5.75 Å². The number of ketones is 2. The smallest absolute Gasteiger partial charge is 0.238 e. The molecule has 3 aliphatic heterocycles. The summed E-state index contributed by atoms with van der Waals surface area (Å²) in [5.41, 5.74) is 2.20. The van der Waals surface area contributed by atoms with E-state index >= 15 is 0 Å². The van der Waals surface area contributed by atoms with Crippen LogP contribution in [0.4, 0.5) is 10.1 Å². The minimum Gasteiger partial charge on any atom is -0.490 e. The summed E-state index contributed by atoms with van der Waals surface area (Å²) in [6.45, 7) is 3.98. The van der Waals surface area contributed by atoms with E-state index < -0.39 is 29.2 Å². The maximum absolute atomic E-state index is 14.8. The van der Waals surface area contributed by atoms with Gasteiger partial charge >= 0.3 is 0 Å². The van der Waals surface area contributed by atoms with Crippen LogP contribution in [0.1, 0.15) is 43.4 Å². The molecule has 0 bridgehead atoms. The second-order valence-electron chi connectivity index (χ2n) is 10.9. The van der Waals surface area contributed by atoms with E-state index in [-0.39, 0.29) is 23.0 Å². The molecule has 0 aromatic heterocycles. The summed E-state index contributed by atoms with van der Waals surface area (Å²) in [7, 11) is 0. The fourth-order valence-electron chi connectivity index (χ4n) is 7.00. The Morgan fingerprint density at radius 3 is 2.35 bits per heavy atom. The van der Waals surface area contributed by atoms with Gasteiger partial charge in [0, 0.05) is 23.0 Å². The molecular weight excluding hydrogens is 543 g/mol. The molecule has 7 rings (SSSR count). The molecule has 4 aromatic rings. The minimum absolute atomic E-state index is 0.257. The zero-order chi connectivity index (χ0) is 29.7. The standard InChI is InChI=1S/C36H27FN2O4/c1-2-21-43-26-17-13-23(14-18-26)32(40)30-31(33(41)24-11-15-25(37)16-12-24)39-20-19-22-7-3-4-8-27(22)34(39)36(30)28-9-5-6-10-29(28)38-35(36)42/h2-20,30-31,34H,1,21H2,(H,38,42). The fourth-order valence-corrected chi connectivity index (χ4v) is 7.00. The molecule has 4 aromatic carbocycles. The second kappa shape index (κ2) is 10.2. The number of hydrogen-bond acceptors (Lipinski definition) is 5. The summed E-state index contributed by atoms with van der Waals surface area (Å²) in [6.07, 6.45) is 5.35. The Hall–Kier alpha value is -5.30. The molecular formula is C36H27FN2O4. The highest BCUT2D eigenvalue weighted by Crippen LogP contribution is 2.62. The van der Waals surface area contributed by atoms with Crippen molar-refractivity contribution >= 4 is 29.2 Å². The maximum atomic E-state index is 14.8. The molecule has 43 heavy (non-hydrogen) atoms. The highest BCUT2D eigenvalue weighted by molar-refractivity contribution is 6.16. The van der Waals surface area contributed by atoms with Crippen molar-refractivity contribution in [3.63, 3.8) is 0 Å². The molecule has 1 spiro atoms. The number of rotatable bonds is 7. The Kier molecular flexibility index (Phi) is 6.31. The van der Waals surface area contributed by atoms with Crippen molar-refractivity contribution in [2.75, 3.05) is 11.9 Å². The molecule has 3 heterocycles. The summed E-state index contributed by atoms with van der Waals surface area (Å²) in [5.74, 6) is -2.08. The van der Waals surface area contributed by atoms with Gasteiger partial charge < -0.3 is 15.0 Å². The van der Waals surface area contributed by atoms with Gasteiger partial charge in [-0.3, -0.25) is 14.4 Å². The average molecular weight is 571 g/mol. The van der Waals surface area contributed by atoms with Crippen molar-refractivity contribution in [2.24, 2.45) is 5.92 Å². The van der Waals surface area contributed by atoms with Crippen LogP contribution in [0, 0.1) is 11.7 Å². The first-order valence-corrected chi connectivity index (χ1v) is 14.1. The SMILES string of the molecule is C=CCOc1ccc(C(=O)C2C(C(=O)c3ccc(F)cc3)N3C=Cc4ccccc4C3C23C(=O)Nc2ccccc23)cc1. The average Bonchev–Trinajstić information content (AvgIpc) is 3.52. The first-order valence-electron chi connectivity index (χ1n) is 14.1. The number of nitrogens with zero attached hydrogens (tertiary/aromatic N) is 1. The summed E-state index contributed by atoms with van der Waals surface area (Å²) < 4.78 is 19.5. The Labute approximate surface area is 248 Å². The topological polar surface area (TPSA) is 75.7 Å². The Bertz CT molecular complexity index is 1810. The molecule has 4 atom stereocenters. The van der Waals surface area contributed by atoms with E-state index in [0.29, 0.717) is 29.2 Å². The third-order valence-electron chi connectivity index (χ3n) is 8.76. The highest BCUT2D eigenvalue weighted by atomic mass is 19.1. The number of amides is 1. The van der Waals surface area contributed by atoms with E-state index in [0.717, 1.165) is 11.1 Å². The lowest BCUT2D eigenvalue weighted by Crippen LogP contribution is -2.49. The minimum atomic E-state index is -1.44. The summed E-state index contributed by atoms with van der Waals surface area (Å²) in [4.78, 5) is 45.7. The van der Waals surface area contributed by atoms with Gasteiger partial charge in [-0.15, -0.1) is 0 Å². The van der Waals surface area contributed by atoms with Crippen molar-refractivity contribution in [1.82, 2.24) is 4.90 Å². The van der Waals surface area contributed by atoms with Crippen LogP contribution in [0.15, 0.2) is 116 Å². The van der Waals surface area contributed by atoms with Gasteiger partial charge in [0.15, 0.2) is 11.6 Å². The van der Waals surface area contributed by atoms with E-state index in [4.69, 9.17) is 4.74 Å². The van der Waals surface area contributed by atoms with E-state index in [2.05, 4.69) is 11.9 Å². The number of ether oxygens (including phenoxy) is 1. The Balaban J connectivity index is 1.47. The highest BCUT2D eigenvalue weighted by Gasteiger charge is 2.70. The van der Waals surface area contributed by atoms with Gasteiger partial charge in [-0.2, -0.15) is 0 Å². The number of halogens is 1. The van der Waals surface area contributed by atoms with Gasteiger partial charge in [-0.1, -0.05) is 55.1 Å². The Morgan fingerprint density at radius 1 is 0.907 bits per heavy atom. The first kappa shape index (κ1) is 26.6. The lowest BCUT2D eigenvalue weighted by Gasteiger charge is -2.38. The van der Waals surface area contributed by atoms with Crippen LogP contribution in [0.25, 0.3) is 6.08 Å². The Morgan fingerprint density at radius 2 is 1.58 bits per heavy atom. The number of fused-ring (bicyclic) bond motifs is 6. The normalized spacial score (nSPS) is 22.9. The van der Waals surface area contributed by atoms with E-state index in [1.807, 2.05) is 65.7 Å². The summed E-state index contributed by atoms with van der Waals surface area (Å²) in [5, 5.41) is 3.04. The number of anilines is 1. The van der Waals surface area contributed by atoms with Gasteiger partial charge in [0.2, 0.25) is 5.91 Å². The van der Waals surface area contributed by atoms with Crippen LogP contribution in [0.2, 0.25) is 0 Å². The molecule has 0 radical (unpaired) electrons. The predicted octanol–water partition coefficient (Wildman–Crippen LogP) is 6.37. The molecule has 1 amide bonds.